The molecule has 0 fully saturated rings. The van der Waals surface area contributed by atoms with E-state index in [1.807, 2.05) is 61.5 Å². The smallest absolute Gasteiger partial charge is 0.183 e. The van der Waals surface area contributed by atoms with Crippen LogP contribution in [0.15, 0.2) is 54.6 Å². The van der Waals surface area contributed by atoms with Crippen molar-refractivity contribution in [3.8, 4) is 0 Å². The van der Waals surface area contributed by atoms with Gasteiger partial charge in [-0.3, -0.25) is 9.69 Å². The summed E-state index contributed by atoms with van der Waals surface area (Å²) in [5.41, 5.74) is 2.38. The predicted octanol–water partition coefficient (Wildman–Crippen LogP) is 3.36. The van der Waals surface area contributed by atoms with Crippen LogP contribution in [-0.4, -0.2) is 42.0 Å². The summed E-state index contributed by atoms with van der Waals surface area (Å²) in [6.45, 7) is 2.19. The molecule has 2 rings (SSSR count). The molecule has 0 saturated heterocycles. The van der Waals surface area contributed by atoms with Gasteiger partial charge in [0.05, 0.1) is 5.54 Å². The molecule has 1 N–H and O–H groups in total. The van der Waals surface area contributed by atoms with Crippen molar-refractivity contribution in [1.29, 1.82) is 0 Å². The monoisotopic (exact) mass is 325 g/mol. The van der Waals surface area contributed by atoms with E-state index in [9.17, 15) is 4.79 Å². The first-order chi connectivity index (χ1) is 11.5. The van der Waals surface area contributed by atoms with Gasteiger partial charge in [0.2, 0.25) is 0 Å². The lowest BCUT2D eigenvalue weighted by Crippen LogP contribution is -2.52. The Morgan fingerprint density at radius 2 is 1.62 bits per heavy atom. The van der Waals surface area contributed by atoms with Gasteiger partial charge < -0.3 is 5.11 Å². The average molecular weight is 325 g/mol. The lowest BCUT2D eigenvalue weighted by molar-refractivity contribution is 0.0666. The Labute approximate surface area is 144 Å². The largest absolute Gasteiger partial charge is 0.396 e. The molecule has 0 amide bonds. The number of aliphatic hydroxyl groups excluding tert-OH is 1. The molecule has 24 heavy (non-hydrogen) atoms. The molecule has 2 aromatic rings. The second kappa shape index (κ2) is 8.22. The van der Waals surface area contributed by atoms with E-state index in [-0.39, 0.29) is 12.4 Å². The van der Waals surface area contributed by atoms with Gasteiger partial charge in [0.1, 0.15) is 0 Å². The Kier molecular flexibility index (Phi) is 6.29. The minimum Gasteiger partial charge on any atom is -0.396 e. The molecule has 3 nitrogen and oxygen atoms in total. The van der Waals surface area contributed by atoms with Crippen molar-refractivity contribution in [1.82, 2.24) is 4.90 Å². The maximum atomic E-state index is 13.3. The van der Waals surface area contributed by atoms with E-state index < -0.39 is 5.54 Å². The summed E-state index contributed by atoms with van der Waals surface area (Å²) in [4.78, 5) is 15.4. The van der Waals surface area contributed by atoms with E-state index in [2.05, 4.69) is 19.1 Å². The van der Waals surface area contributed by atoms with E-state index in [1.165, 1.54) is 5.56 Å². The van der Waals surface area contributed by atoms with Crippen molar-refractivity contribution in [2.24, 2.45) is 0 Å². The minimum atomic E-state index is -0.556. The molecule has 0 saturated carbocycles. The summed E-state index contributed by atoms with van der Waals surface area (Å²) in [7, 11) is 3.95. The third kappa shape index (κ3) is 3.92. The molecule has 2 aromatic carbocycles. The van der Waals surface area contributed by atoms with E-state index in [0.717, 1.165) is 17.5 Å². The Balaban J connectivity index is 2.34. The predicted molar refractivity (Wildman–Crippen MR) is 98.4 cm³/mol. The highest BCUT2D eigenvalue weighted by molar-refractivity contribution is 6.03. The van der Waals surface area contributed by atoms with Crippen molar-refractivity contribution in [3.63, 3.8) is 0 Å². The number of rotatable bonds is 8. The van der Waals surface area contributed by atoms with Crippen LogP contribution in [0.1, 0.15) is 34.8 Å². The average Bonchev–Trinajstić information content (AvgIpc) is 2.61. The van der Waals surface area contributed by atoms with Crippen LogP contribution in [0.25, 0.3) is 0 Å². The topological polar surface area (TPSA) is 40.5 Å². The van der Waals surface area contributed by atoms with Gasteiger partial charge in [-0.05, 0) is 44.5 Å². The fourth-order valence-corrected chi connectivity index (χ4v) is 3.20. The molecule has 0 aliphatic heterocycles. The maximum Gasteiger partial charge on any atom is 0.183 e. The number of hydrogen-bond acceptors (Lipinski definition) is 3. The lowest BCUT2D eigenvalue weighted by Gasteiger charge is -2.38. The summed E-state index contributed by atoms with van der Waals surface area (Å²) >= 11 is 0. The van der Waals surface area contributed by atoms with Crippen molar-refractivity contribution in [2.45, 2.75) is 31.7 Å². The van der Waals surface area contributed by atoms with E-state index >= 15 is 0 Å². The lowest BCUT2D eigenvalue weighted by atomic mass is 9.80. The molecule has 0 spiro atoms. The summed E-state index contributed by atoms with van der Waals surface area (Å²) in [5, 5.41) is 9.03. The number of benzene rings is 2. The zero-order chi connectivity index (χ0) is 17.6. The Morgan fingerprint density at radius 3 is 2.12 bits per heavy atom. The van der Waals surface area contributed by atoms with Crippen molar-refractivity contribution in [2.75, 3.05) is 20.7 Å². The minimum absolute atomic E-state index is 0.123. The van der Waals surface area contributed by atoms with Crippen LogP contribution in [0, 0.1) is 0 Å². The quantitative estimate of drug-likeness (QED) is 0.757. The molecule has 0 aromatic heterocycles. The molecule has 0 bridgehead atoms. The van der Waals surface area contributed by atoms with Crippen LogP contribution in [0.2, 0.25) is 0 Å². The Morgan fingerprint density at radius 1 is 1.00 bits per heavy atom. The first-order valence-electron chi connectivity index (χ1n) is 8.49. The fraction of sp³-hybridized carbons (Fsp3) is 0.381. The van der Waals surface area contributed by atoms with Crippen molar-refractivity contribution in [3.05, 3.63) is 71.3 Å². The SMILES string of the molecule is CCC(Cc1ccccc1)(C(=O)c1ccc(CCO)cc1)N(C)C. The van der Waals surface area contributed by atoms with E-state index in [1.54, 1.807) is 0 Å². The van der Waals surface area contributed by atoms with Gasteiger partial charge in [-0.2, -0.15) is 0 Å². The van der Waals surface area contributed by atoms with Crippen molar-refractivity contribution >= 4 is 5.78 Å². The number of Topliss-reactive ketones (excluding diaryl/α,β-unsaturated/α-hetero) is 1. The maximum absolute atomic E-state index is 13.3. The molecule has 128 valence electrons. The summed E-state index contributed by atoms with van der Waals surface area (Å²) < 4.78 is 0. The Hall–Kier alpha value is -1.97. The zero-order valence-electron chi connectivity index (χ0n) is 14.8. The fourth-order valence-electron chi connectivity index (χ4n) is 3.20. The third-order valence-corrected chi connectivity index (χ3v) is 4.82. The van der Waals surface area contributed by atoms with Crippen LogP contribution < -0.4 is 0 Å². The number of ketones is 1. The molecule has 0 aliphatic carbocycles. The van der Waals surface area contributed by atoms with Crippen LogP contribution in [-0.2, 0) is 12.8 Å². The van der Waals surface area contributed by atoms with Crippen LogP contribution in [0.4, 0.5) is 0 Å². The molecule has 0 heterocycles. The van der Waals surface area contributed by atoms with E-state index in [0.29, 0.717) is 12.8 Å². The highest BCUT2D eigenvalue weighted by Crippen LogP contribution is 2.28. The standard InChI is InChI=1S/C21H27NO2/c1-4-21(22(2)3,16-18-8-6-5-7-9-18)20(24)19-12-10-17(11-13-19)14-15-23/h5-13,23H,4,14-16H2,1-3H3. The molecular weight excluding hydrogens is 298 g/mol. The molecular formula is C21H27NO2. The van der Waals surface area contributed by atoms with Gasteiger partial charge >= 0.3 is 0 Å². The number of likely N-dealkylation sites (N-methyl/N-ethyl adjacent to an activating group) is 1. The number of nitrogens with zero attached hydrogens (tertiary/aromatic N) is 1. The van der Waals surface area contributed by atoms with Gasteiger partial charge in [-0.15, -0.1) is 0 Å². The molecule has 0 radical (unpaired) electrons. The van der Waals surface area contributed by atoms with Gasteiger partial charge in [0.15, 0.2) is 5.78 Å². The van der Waals surface area contributed by atoms with Gasteiger partial charge in [-0.25, -0.2) is 0 Å². The second-order valence-electron chi connectivity index (χ2n) is 6.44. The van der Waals surface area contributed by atoms with Gasteiger partial charge in [0.25, 0.3) is 0 Å². The molecule has 0 aliphatic rings. The van der Waals surface area contributed by atoms with E-state index in [4.69, 9.17) is 5.11 Å². The molecule has 3 heteroatoms. The van der Waals surface area contributed by atoms with Gasteiger partial charge in [-0.1, -0.05) is 61.5 Å². The van der Waals surface area contributed by atoms with Gasteiger partial charge in [0, 0.05) is 12.2 Å². The first kappa shape index (κ1) is 18.4. The third-order valence-electron chi connectivity index (χ3n) is 4.82. The number of hydrogen-bond donors (Lipinski definition) is 1. The molecule has 1 unspecified atom stereocenters. The first-order valence-corrected chi connectivity index (χ1v) is 8.49. The van der Waals surface area contributed by atoms with Crippen LogP contribution in [0.3, 0.4) is 0 Å². The number of carbonyl (C=O) groups is 1. The van der Waals surface area contributed by atoms with Crippen molar-refractivity contribution < 1.29 is 9.90 Å². The summed E-state index contributed by atoms with van der Waals surface area (Å²) in [6.07, 6.45) is 2.05. The highest BCUT2D eigenvalue weighted by atomic mass is 16.2. The van der Waals surface area contributed by atoms with Crippen LogP contribution in [0.5, 0.6) is 0 Å². The normalized spacial score (nSPS) is 13.7. The zero-order valence-corrected chi connectivity index (χ0v) is 14.8. The Bertz CT molecular complexity index is 649. The highest BCUT2D eigenvalue weighted by Gasteiger charge is 2.39. The summed E-state index contributed by atoms with van der Waals surface area (Å²) in [5.74, 6) is 0.148. The number of aliphatic hydroxyl groups is 1. The van der Waals surface area contributed by atoms with Crippen LogP contribution >= 0.6 is 0 Å². The number of carbonyl (C=O) groups excluding carboxylic acids is 1. The summed E-state index contributed by atoms with van der Waals surface area (Å²) in [6, 6.07) is 17.8. The molecule has 1 atom stereocenters. The second-order valence-corrected chi connectivity index (χ2v) is 6.44.